The zero-order chi connectivity index (χ0) is 11.9. The van der Waals surface area contributed by atoms with E-state index >= 15 is 0 Å². The maximum Gasteiger partial charge on any atom is 0.141 e. The van der Waals surface area contributed by atoms with Crippen molar-refractivity contribution in [2.45, 2.75) is 25.8 Å². The van der Waals surface area contributed by atoms with Gasteiger partial charge in [0.15, 0.2) is 0 Å². The summed E-state index contributed by atoms with van der Waals surface area (Å²) in [5.74, 6) is 0.893. The molecule has 90 valence electrons. The Balaban J connectivity index is 1.67. The molecule has 0 radical (unpaired) electrons. The van der Waals surface area contributed by atoms with E-state index in [0.717, 1.165) is 25.2 Å². The van der Waals surface area contributed by atoms with E-state index in [9.17, 15) is 0 Å². The average molecular weight is 230 g/mol. The van der Waals surface area contributed by atoms with E-state index in [1.54, 1.807) is 0 Å². The van der Waals surface area contributed by atoms with Crippen molar-refractivity contribution >= 4 is 0 Å². The maximum absolute atomic E-state index is 4.12. The zero-order valence-corrected chi connectivity index (χ0v) is 10.1. The number of nitrogens with one attached hydrogen (secondary N) is 2. The lowest BCUT2D eigenvalue weighted by Gasteiger charge is -2.10. The fraction of sp³-hybridized carbons (Fsp3) is 0.385. The van der Waals surface area contributed by atoms with Gasteiger partial charge in [-0.2, -0.15) is 5.10 Å². The third-order valence-corrected chi connectivity index (χ3v) is 2.78. The van der Waals surface area contributed by atoms with E-state index in [4.69, 9.17) is 0 Å². The van der Waals surface area contributed by atoms with Gasteiger partial charge in [-0.25, -0.2) is 4.98 Å². The number of nitrogens with zero attached hydrogens (tertiary/aromatic N) is 2. The van der Waals surface area contributed by atoms with Crippen LogP contribution >= 0.6 is 0 Å². The van der Waals surface area contributed by atoms with Gasteiger partial charge >= 0.3 is 0 Å². The number of aromatic amines is 1. The van der Waals surface area contributed by atoms with E-state index in [2.05, 4.69) is 51.7 Å². The first-order chi connectivity index (χ1) is 8.36. The van der Waals surface area contributed by atoms with Crippen LogP contribution in [0, 0.1) is 0 Å². The van der Waals surface area contributed by atoms with Crippen molar-refractivity contribution < 1.29 is 0 Å². The highest BCUT2D eigenvalue weighted by Crippen LogP contribution is 2.05. The Morgan fingerprint density at radius 3 is 2.82 bits per heavy atom. The molecule has 0 fully saturated rings. The maximum atomic E-state index is 4.12. The van der Waals surface area contributed by atoms with Crippen molar-refractivity contribution in [3.05, 3.63) is 48.0 Å². The van der Waals surface area contributed by atoms with Gasteiger partial charge in [0.25, 0.3) is 0 Å². The van der Waals surface area contributed by atoms with E-state index in [1.807, 2.05) is 6.07 Å². The Morgan fingerprint density at radius 2 is 2.12 bits per heavy atom. The number of H-pyrrole nitrogens is 1. The quantitative estimate of drug-likeness (QED) is 0.747. The number of aryl methyl sites for hydroxylation is 1. The first-order valence-electron chi connectivity index (χ1n) is 5.99. The third-order valence-electron chi connectivity index (χ3n) is 2.78. The molecule has 1 aromatic heterocycles. The van der Waals surface area contributed by atoms with E-state index < -0.39 is 0 Å². The Morgan fingerprint density at radius 1 is 1.29 bits per heavy atom. The summed E-state index contributed by atoms with van der Waals surface area (Å²) in [5, 5.41) is 10.1. The normalized spacial score (nSPS) is 12.5. The molecule has 1 heterocycles. The first kappa shape index (κ1) is 11.8. The first-order valence-corrected chi connectivity index (χ1v) is 5.99. The number of rotatable bonds is 6. The molecule has 0 saturated carbocycles. The molecule has 0 amide bonds. The van der Waals surface area contributed by atoms with Crippen LogP contribution in [-0.2, 0) is 6.42 Å². The van der Waals surface area contributed by atoms with Crippen molar-refractivity contribution in [3.63, 3.8) is 0 Å². The number of aromatic nitrogens is 3. The van der Waals surface area contributed by atoms with Crippen LogP contribution in [0.25, 0.3) is 0 Å². The summed E-state index contributed by atoms with van der Waals surface area (Å²) in [4.78, 5) is 4.12. The molecule has 0 aliphatic heterocycles. The molecule has 0 aliphatic carbocycles. The van der Waals surface area contributed by atoms with Crippen LogP contribution in [0.3, 0.4) is 0 Å². The van der Waals surface area contributed by atoms with Crippen LogP contribution in [-0.4, -0.2) is 21.7 Å². The van der Waals surface area contributed by atoms with E-state index in [1.165, 1.54) is 11.9 Å². The fourth-order valence-corrected chi connectivity index (χ4v) is 1.78. The fourth-order valence-electron chi connectivity index (χ4n) is 1.78. The third kappa shape index (κ3) is 3.67. The van der Waals surface area contributed by atoms with Gasteiger partial charge < -0.3 is 5.32 Å². The molecule has 4 nitrogen and oxygen atoms in total. The number of hydrogen-bond acceptors (Lipinski definition) is 3. The van der Waals surface area contributed by atoms with E-state index in [0.29, 0.717) is 0 Å². The molecule has 0 bridgehead atoms. The van der Waals surface area contributed by atoms with Gasteiger partial charge in [-0.3, -0.25) is 5.10 Å². The minimum atomic E-state index is 0.230. The Bertz CT molecular complexity index is 410. The molecule has 0 aliphatic rings. The van der Waals surface area contributed by atoms with Crippen molar-refractivity contribution in [2.24, 2.45) is 0 Å². The van der Waals surface area contributed by atoms with Crippen molar-refractivity contribution in [3.8, 4) is 0 Å². The number of hydrogen-bond donors (Lipinski definition) is 2. The summed E-state index contributed by atoms with van der Waals surface area (Å²) in [7, 11) is 0. The summed E-state index contributed by atoms with van der Waals surface area (Å²) in [5.41, 5.74) is 1.39. The lowest BCUT2D eigenvalue weighted by atomic mass is 10.1. The van der Waals surface area contributed by atoms with Gasteiger partial charge in [0.05, 0.1) is 6.04 Å². The van der Waals surface area contributed by atoms with Crippen LogP contribution in [0.2, 0.25) is 0 Å². The van der Waals surface area contributed by atoms with Gasteiger partial charge in [0, 0.05) is 0 Å². The van der Waals surface area contributed by atoms with Crippen LogP contribution in [0.4, 0.5) is 0 Å². The highest BCUT2D eigenvalue weighted by Gasteiger charge is 2.06. The summed E-state index contributed by atoms with van der Waals surface area (Å²) in [6.07, 6.45) is 3.77. The average Bonchev–Trinajstić information content (AvgIpc) is 2.89. The lowest BCUT2D eigenvalue weighted by Crippen LogP contribution is -2.21. The Kier molecular flexibility index (Phi) is 4.27. The second-order valence-corrected chi connectivity index (χ2v) is 4.14. The standard InChI is InChI=1S/C13H18N4/c1-11(13-15-10-16-17-13)14-9-5-8-12-6-3-2-4-7-12/h2-4,6-7,10-11,14H,5,8-9H2,1H3,(H,15,16,17). The summed E-state index contributed by atoms with van der Waals surface area (Å²) in [6, 6.07) is 10.8. The summed E-state index contributed by atoms with van der Waals surface area (Å²) >= 11 is 0. The van der Waals surface area contributed by atoms with Crippen LogP contribution < -0.4 is 5.32 Å². The summed E-state index contributed by atoms with van der Waals surface area (Å²) in [6.45, 7) is 3.07. The minimum absolute atomic E-state index is 0.230. The van der Waals surface area contributed by atoms with Crippen LogP contribution in [0.15, 0.2) is 36.7 Å². The molecule has 1 atom stereocenters. The van der Waals surface area contributed by atoms with Gasteiger partial charge in [-0.15, -0.1) is 0 Å². The van der Waals surface area contributed by atoms with Gasteiger partial charge in [-0.1, -0.05) is 30.3 Å². The highest BCUT2D eigenvalue weighted by molar-refractivity contribution is 5.14. The topological polar surface area (TPSA) is 53.6 Å². The molecular weight excluding hydrogens is 212 g/mol. The van der Waals surface area contributed by atoms with Gasteiger partial charge in [0.1, 0.15) is 12.2 Å². The monoisotopic (exact) mass is 230 g/mol. The van der Waals surface area contributed by atoms with Crippen molar-refractivity contribution in [1.29, 1.82) is 0 Å². The van der Waals surface area contributed by atoms with Gasteiger partial charge in [-0.05, 0) is 31.9 Å². The molecular formula is C13H18N4. The predicted molar refractivity (Wildman–Crippen MR) is 67.6 cm³/mol. The molecule has 0 saturated heterocycles. The van der Waals surface area contributed by atoms with Crippen LogP contribution in [0.5, 0.6) is 0 Å². The molecule has 1 unspecified atom stereocenters. The SMILES string of the molecule is CC(NCCCc1ccccc1)c1ncn[nH]1. The molecule has 17 heavy (non-hydrogen) atoms. The van der Waals surface area contributed by atoms with Crippen molar-refractivity contribution in [1.82, 2.24) is 20.5 Å². The molecule has 4 heteroatoms. The molecule has 2 aromatic rings. The molecule has 1 aromatic carbocycles. The smallest absolute Gasteiger partial charge is 0.141 e. The van der Waals surface area contributed by atoms with Crippen LogP contribution in [0.1, 0.15) is 30.8 Å². The summed E-state index contributed by atoms with van der Waals surface area (Å²) < 4.78 is 0. The molecule has 2 rings (SSSR count). The predicted octanol–water partition coefficient (Wildman–Crippen LogP) is 2.09. The Labute approximate surface area is 101 Å². The second kappa shape index (κ2) is 6.15. The van der Waals surface area contributed by atoms with Gasteiger partial charge in [0.2, 0.25) is 0 Å². The molecule has 0 spiro atoms. The van der Waals surface area contributed by atoms with Crippen molar-refractivity contribution in [2.75, 3.05) is 6.54 Å². The minimum Gasteiger partial charge on any atom is -0.308 e. The number of benzene rings is 1. The largest absolute Gasteiger partial charge is 0.308 e. The highest BCUT2D eigenvalue weighted by atomic mass is 15.2. The lowest BCUT2D eigenvalue weighted by molar-refractivity contribution is 0.536. The Hall–Kier alpha value is -1.68. The second-order valence-electron chi connectivity index (χ2n) is 4.14. The molecule has 2 N–H and O–H groups in total. The van der Waals surface area contributed by atoms with E-state index in [-0.39, 0.29) is 6.04 Å². The zero-order valence-electron chi connectivity index (χ0n) is 10.1.